The van der Waals surface area contributed by atoms with Gasteiger partial charge in [-0.15, -0.1) is 0 Å². The van der Waals surface area contributed by atoms with Crippen LogP contribution in [-0.2, 0) is 6.18 Å². The molecule has 0 radical (unpaired) electrons. The lowest BCUT2D eigenvalue weighted by Crippen LogP contribution is -2.50. The zero-order valence-electron chi connectivity index (χ0n) is 23.0. The molecule has 3 saturated heterocycles. The predicted molar refractivity (Wildman–Crippen MR) is 150 cm³/mol. The van der Waals surface area contributed by atoms with Crippen molar-refractivity contribution < 1.29 is 31.9 Å². The van der Waals surface area contributed by atoms with Gasteiger partial charge in [0.05, 0.1) is 17.6 Å². The standard InChI is InChI=1S/C31H28F3N5O4/c32-31(33,34)20-1-3-21(4-2-20)37-13-9-24(10-14-37)42-25-5-6-26-27(16-25)43-28(36-26)30(41)39-18-22-15-23(39)17-38(22)29(40)19-7-11-35-12-8-19/h1-8,11-12,16,22-24H,9-10,13-15,17-18H2. The maximum Gasteiger partial charge on any atom is 0.416 e. The number of aromatic nitrogens is 2. The lowest BCUT2D eigenvalue weighted by molar-refractivity contribution is -0.137. The summed E-state index contributed by atoms with van der Waals surface area (Å²) in [6, 6.07) is 13.8. The molecule has 5 heterocycles. The first kappa shape index (κ1) is 27.2. The van der Waals surface area contributed by atoms with Crippen molar-refractivity contribution in [2.45, 2.75) is 43.6 Å². The van der Waals surface area contributed by atoms with Crippen molar-refractivity contribution in [3.63, 3.8) is 0 Å². The van der Waals surface area contributed by atoms with Gasteiger partial charge in [0, 0.05) is 68.7 Å². The number of likely N-dealkylation sites (tertiary alicyclic amines) is 2. The Labute approximate surface area is 244 Å². The maximum atomic E-state index is 13.3. The fraction of sp³-hybridized carbons (Fsp3) is 0.355. The summed E-state index contributed by atoms with van der Waals surface area (Å²) in [5.41, 5.74) is 1.68. The van der Waals surface area contributed by atoms with Crippen molar-refractivity contribution in [2.24, 2.45) is 0 Å². The number of carbonyl (C=O) groups is 2. The highest BCUT2D eigenvalue weighted by molar-refractivity contribution is 5.96. The van der Waals surface area contributed by atoms with Crippen LogP contribution in [0.1, 0.15) is 45.9 Å². The van der Waals surface area contributed by atoms with E-state index in [1.165, 1.54) is 12.1 Å². The number of oxazole rings is 1. The molecule has 3 fully saturated rings. The smallest absolute Gasteiger partial charge is 0.416 e. The Morgan fingerprint density at radius 2 is 1.56 bits per heavy atom. The van der Waals surface area contributed by atoms with Crippen LogP contribution in [0, 0.1) is 0 Å². The Morgan fingerprint density at radius 3 is 2.21 bits per heavy atom. The number of piperidine rings is 1. The van der Waals surface area contributed by atoms with Gasteiger partial charge in [0.2, 0.25) is 0 Å². The summed E-state index contributed by atoms with van der Waals surface area (Å²) in [6.45, 7) is 2.21. The summed E-state index contributed by atoms with van der Waals surface area (Å²) in [4.78, 5) is 40.3. The van der Waals surface area contributed by atoms with Crippen LogP contribution in [0.5, 0.6) is 5.75 Å². The Kier molecular flexibility index (Phi) is 6.71. The zero-order chi connectivity index (χ0) is 29.7. The summed E-state index contributed by atoms with van der Waals surface area (Å²) < 4.78 is 50.7. The van der Waals surface area contributed by atoms with Crippen LogP contribution in [0.2, 0.25) is 0 Å². The van der Waals surface area contributed by atoms with Gasteiger partial charge >= 0.3 is 12.1 Å². The molecule has 0 spiro atoms. The number of alkyl halides is 3. The van der Waals surface area contributed by atoms with Crippen LogP contribution in [-0.4, -0.2) is 75.9 Å². The van der Waals surface area contributed by atoms with E-state index in [0.29, 0.717) is 61.4 Å². The second-order valence-corrected chi connectivity index (χ2v) is 11.2. The van der Waals surface area contributed by atoms with Crippen molar-refractivity contribution in [3.05, 3.63) is 84.0 Å². The molecule has 9 nitrogen and oxygen atoms in total. The molecule has 3 aliphatic heterocycles. The second kappa shape index (κ2) is 10.6. The first-order valence-corrected chi connectivity index (χ1v) is 14.2. The van der Waals surface area contributed by atoms with Crippen LogP contribution in [0.3, 0.4) is 0 Å². The molecule has 7 rings (SSSR count). The molecule has 43 heavy (non-hydrogen) atoms. The highest BCUT2D eigenvalue weighted by atomic mass is 19.4. The number of rotatable bonds is 5. The molecule has 12 heteroatoms. The Hall–Kier alpha value is -4.61. The molecule has 2 aromatic heterocycles. The number of hydrogen-bond acceptors (Lipinski definition) is 7. The average molecular weight is 592 g/mol. The van der Waals surface area contributed by atoms with Crippen LogP contribution in [0.25, 0.3) is 11.1 Å². The number of piperazine rings is 1. The second-order valence-electron chi connectivity index (χ2n) is 11.2. The van der Waals surface area contributed by atoms with Gasteiger partial charge in [-0.1, -0.05) is 0 Å². The van der Waals surface area contributed by atoms with Crippen molar-refractivity contribution in [3.8, 4) is 5.75 Å². The van der Waals surface area contributed by atoms with Crippen LogP contribution in [0.4, 0.5) is 18.9 Å². The van der Waals surface area contributed by atoms with Gasteiger partial charge in [-0.3, -0.25) is 14.6 Å². The lowest BCUT2D eigenvalue weighted by atomic mass is 10.1. The molecule has 2 unspecified atom stereocenters. The van der Waals surface area contributed by atoms with Crippen molar-refractivity contribution in [1.82, 2.24) is 19.8 Å². The Bertz CT molecular complexity index is 1650. The van der Waals surface area contributed by atoms with E-state index in [2.05, 4.69) is 14.9 Å². The van der Waals surface area contributed by atoms with Crippen molar-refractivity contribution in [1.29, 1.82) is 0 Å². The van der Waals surface area contributed by atoms with Crippen LogP contribution in [0.15, 0.2) is 71.4 Å². The third-order valence-electron chi connectivity index (χ3n) is 8.54. The van der Waals surface area contributed by atoms with Gasteiger partial charge < -0.3 is 23.9 Å². The van der Waals surface area contributed by atoms with E-state index < -0.39 is 11.7 Å². The molecule has 2 aromatic carbocycles. The van der Waals surface area contributed by atoms with E-state index in [4.69, 9.17) is 9.15 Å². The molecule has 0 N–H and O–H groups in total. The summed E-state index contributed by atoms with van der Waals surface area (Å²) in [5.74, 6) is 0.261. The third kappa shape index (κ3) is 5.26. The van der Waals surface area contributed by atoms with E-state index >= 15 is 0 Å². The fourth-order valence-corrected chi connectivity index (χ4v) is 6.30. The molecule has 2 bridgehead atoms. The van der Waals surface area contributed by atoms with E-state index in [9.17, 15) is 22.8 Å². The highest BCUT2D eigenvalue weighted by Crippen LogP contribution is 2.34. The zero-order valence-corrected chi connectivity index (χ0v) is 23.0. The topological polar surface area (TPSA) is 92.0 Å². The maximum absolute atomic E-state index is 13.3. The van der Waals surface area contributed by atoms with E-state index in [0.717, 1.165) is 24.2 Å². The van der Waals surface area contributed by atoms with Crippen LogP contribution >= 0.6 is 0 Å². The van der Waals surface area contributed by atoms with Crippen molar-refractivity contribution >= 4 is 28.6 Å². The minimum atomic E-state index is -4.35. The normalized spacial score (nSPS) is 20.7. The number of ether oxygens (including phenoxy) is 1. The summed E-state index contributed by atoms with van der Waals surface area (Å²) >= 11 is 0. The number of halogens is 3. The quantitative estimate of drug-likeness (QED) is 0.322. The molecule has 2 atom stereocenters. The molecule has 222 valence electrons. The van der Waals surface area contributed by atoms with E-state index in [1.54, 1.807) is 47.6 Å². The van der Waals surface area contributed by atoms with E-state index in [-0.39, 0.29) is 35.9 Å². The van der Waals surface area contributed by atoms with Gasteiger partial charge in [0.25, 0.3) is 11.8 Å². The first-order chi connectivity index (χ1) is 20.7. The van der Waals surface area contributed by atoms with Gasteiger partial charge in [0.15, 0.2) is 5.58 Å². The molecule has 3 aliphatic rings. The third-order valence-corrected chi connectivity index (χ3v) is 8.54. The summed E-state index contributed by atoms with van der Waals surface area (Å²) in [6.07, 6.45) is 0.905. The van der Waals surface area contributed by atoms with Gasteiger partial charge in [-0.05, 0) is 55.0 Å². The lowest BCUT2D eigenvalue weighted by Gasteiger charge is -2.33. The minimum absolute atomic E-state index is 0.0107. The predicted octanol–water partition coefficient (Wildman–Crippen LogP) is 5.03. The summed E-state index contributed by atoms with van der Waals surface area (Å²) in [5, 5.41) is 0. The monoisotopic (exact) mass is 591 g/mol. The summed E-state index contributed by atoms with van der Waals surface area (Å²) in [7, 11) is 0. The van der Waals surface area contributed by atoms with Crippen molar-refractivity contribution in [2.75, 3.05) is 31.1 Å². The number of fused-ring (bicyclic) bond motifs is 3. The first-order valence-electron chi connectivity index (χ1n) is 14.2. The molecule has 0 aliphatic carbocycles. The SMILES string of the molecule is O=C(c1ccncc1)N1CC2CC1CN2C(=O)c1nc2ccc(OC3CCN(c4ccc(C(F)(F)F)cc4)CC3)cc2o1. The Morgan fingerprint density at radius 1 is 0.884 bits per heavy atom. The van der Waals surface area contributed by atoms with E-state index in [1.807, 2.05) is 4.90 Å². The average Bonchev–Trinajstić information content (AvgIpc) is 3.75. The molecule has 0 saturated carbocycles. The molecular formula is C31H28F3N5O4. The van der Waals surface area contributed by atoms with Gasteiger partial charge in [-0.2, -0.15) is 13.2 Å². The molecular weight excluding hydrogens is 563 g/mol. The van der Waals surface area contributed by atoms with Crippen LogP contribution < -0.4 is 9.64 Å². The van der Waals surface area contributed by atoms with Gasteiger partial charge in [-0.25, -0.2) is 4.98 Å². The number of nitrogens with zero attached hydrogens (tertiary/aromatic N) is 5. The number of pyridine rings is 1. The molecule has 4 aromatic rings. The number of anilines is 1. The number of benzene rings is 2. The Balaban J connectivity index is 0.956. The van der Waals surface area contributed by atoms with Gasteiger partial charge in [0.1, 0.15) is 17.4 Å². The number of amides is 2. The minimum Gasteiger partial charge on any atom is -0.490 e. The number of hydrogen-bond donors (Lipinski definition) is 0. The molecule has 2 amide bonds. The number of carbonyl (C=O) groups excluding carboxylic acids is 2. The largest absolute Gasteiger partial charge is 0.490 e. The fourth-order valence-electron chi connectivity index (χ4n) is 6.30. The highest BCUT2D eigenvalue weighted by Gasteiger charge is 2.48.